The molecule has 0 fully saturated rings. The fourth-order valence-electron chi connectivity index (χ4n) is 1.22. The molecule has 3 nitrogen and oxygen atoms in total. The lowest BCUT2D eigenvalue weighted by Gasteiger charge is -2.09. The summed E-state index contributed by atoms with van der Waals surface area (Å²) >= 11 is 0. The van der Waals surface area contributed by atoms with Gasteiger partial charge in [-0.05, 0) is 24.6 Å². The highest BCUT2D eigenvalue weighted by atomic mass is 19.3. The summed E-state index contributed by atoms with van der Waals surface area (Å²) in [7, 11) is 0. The normalized spacial score (nSPS) is 11.1. The standard InChI is InChI=1S/C11H9F3O3/c1-6-2-4-8(17-11(13)14)10(12)7(6)3-5-9(15)16/h2-5,11H,1H3,(H,15,16)/b5-3+. The molecule has 0 radical (unpaired) electrons. The zero-order valence-electron chi connectivity index (χ0n) is 8.78. The van der Waals surface area contributed by atoms with Crippen LogP contribution in [-0.4, -0.2) is 17.7 Å². The first-order valence-corrected chi connectivity index (χ1v) is 4.56. The highest BCUT2D eigenvalue weighted by Crippen LogP contribution is 2.26. The predicted octanol–water partition coefficient (Wildman–Crippen LogP) is 2.83. The van der Waals surface area contributed by atoms with Crippen molar-refractivity contribution in [2.45, 2.75) is 13.5 Å². The second-order valence-electron chi connectivity index (χ2n) is 3.16. The molecule has 1 aromatic carbocycles. The van der Waals surface area contributed by atoms with Crippen molar-refractivity contribution in [2.24, 2.45) is 0 Å². The van der Waals surface area contributed by atoms with Crippen LogP contribution in [-0.2, 0) is 4.79 Å². The highest BCUT2D eigenvalue weighted by Gasteiger charge is 2.14. The number of ether oxygens (including phenoxy) is 1. The Kier molecular flexibility index (Phi) is 4.14. The Morgan fingerprint density at radius 2 is 2.12 bits per heavy atom. The van der Waals surface area contributed by atoms with Crippen molar-refractivity contribution in [1.29, 1.82) is 0 Å². The lowest BCUT2D eigenvalue weighted by molar-refractivity contribution is -0.131. The van der Waals surface area contributed by atoms with E-state index in [2.05, 4.69) is 4.74 Å². The minimum Gasteiger partial charge on any atom is -0.478 e. The van der Waals surface area contributed by atoms with Crippen molar-refractivity contribution in [2.75, 3.05) is 0 Å². The van der Waals surface area contributed by atoms with Gasteiger partial charge in [-0.2, -0.15) is 8.78 Å². The lowest BCUT2D eigenvalue weighted by Crippen LogP contribution is -2.05. The fraction of sp³-hybridized carbons (Fsp3) is 0.182. The van der Waals surface area contributed by atoms with Gasteiger partial charge in [0.25, 0.3) is 0 Å². The van der Waals surface area contributed by atoms with Crippen LogP contribution in [0.5, 0.6) is 5.75 Å². The molecule has 0 spiro atoms. The number of carbonyl (C=O) groups is 1. The first-order chi connectivity index (χ1) is 7.91. The Labute approximate surface area is 95.1 Å². The molecule has 0 aromatic heterocycles. The molecule has 1 rings (SSSR count). The van der Waals surface area contributed by atoms with E-state index in [4.69, 9.17) is 5.11 Å². The van der Waals surface area contributed by atoms with Crippen molar-refractivity contribution in [3.8, 4) is 5.75 Å². The van der Waals surface area contributed by atoms with Gasteiger partial charge in [0.1, 0.15) is 0 Å². The Morgan fingerprint density at radius 1 is 1.47 bits per heavy atom. The van der Waals surface area contributed by atoms with Crippen LogP contribution in [0.4, 0.5) is 13.2 Å². The molecule has 0 aliphatic carbocycles. The summed E-state index contributed by atoms with van der Waals surface area (Å²) in [6.45, 7) is -1.61. The van der Waals surface area contributed by atoms with Gasteiger partial charge in [-0.1, -0.05) is 6.07 Å². The zero-order chi connectivity index (χ0) is 13.0. The number of hydrogen-bond donors (Lipinski definition) is 1. The molecule has 0 unspecified atom stereocenters. The molecule has 1 aromatic rings. The number of alkyl halides is 2. The molecule has 0 bridgehead atoms. The van der Waals surface area contributed by atoms with E-state index in [0.717, 1.165) is 18.2 Å². The second-order valence-corrected chi connectivity index (χ2v) is 3.16. The summed E-state index contributed by atoms with van der Waals surface area (Å²) in [5.74, 6) is -2.89. The fourth-order valence-corrected chi connectivity index (χ4v) is 1.22. The van der Waals surface area contributed by atoms with Gasteiger partial charge in [0.05, 0.1) is 0 Å². The number of halogens is 3. The molecule has 0 aliphatic rings. The molecule has 92 valence electrons. The molecule has 0 saturated heterocycles. The molecule has 0 saturated carbocycles. The smallest absolute Gasteiger partial charge is 0.387 e. The van der Waals surface area contributed by atoms with E-state index in [1.165, 1.54) is 13.0 Å². The Balaban J connectivity index is 3.15. The zero-order valence-corrected chi connectivity index (χ0v) is 8.78. The second kappa shape index (κ2) is 5.38. The molecule has 0 heterocycles. The number of benzene rings is 1. The maximum atomic E-state index is 13.6. The summed E-state index contributed by atoms with van der Waals surface area (Å²) in [4.78, 5) is 10.3. The van der Waals surface area contributed by atoms with E-state index in [-0.39, 0.29) is 5.56 Å². The van der Waals surface area contributed by atoms with Crippen LogP contribution in [0.3, 0.4) is 0 Å². The average molecular weight is 246 g/mol. The Bertz CT molecular complexity index is 456. The molecule has 1 N–H and O–H groups in total. The third kappa shape index (κ3) is 3.51. The van der Waals surface area contributed by atoms with Crippen molar-refractivity contribution < 1.29 is 27.8 Å². The lowest BCUT2D eigenvalue weighted by atomic mass is 10.1. The summed E-state index contributed by atoms with van der Waals surface area (Å²) in [6.07, 6.45) is 1.71. The van der Waals surface area contributed by atoms with Crippen LogP contribution in [0.15, 0.2) is 18.2 Å². The average Bonchev–Trinajstić information content (AvgIpc) is 2.21. The maximum absolute atomic E-state index is 13.6. The SMILES string of the molecule is Cc1ccc(OC(F)F)c(F)c1/C=C/C(=O)O. The summed E-state index contributed by atoms with van der Waals surface area (Å²) in [5.41, 5.74) is 0.326. The Hall–Kier alpha value is -1.98. The van der Waals surface area contributed by atoms with Crippen LogP contribution in [0.2, 0.25) is 0 Å². The van der Waals surface area contributed by atoms with Crippen molar-refractivity contribution in [3.05, 3.63) is 35.2 Å². The van der Waals surface area contributed by atoms with Crippen LogP contribution in [0.25, 0.3) is 6.08 Å². The first-order valence-electron chi connectivity index (χ1n) is 4.56. The van der Waals surface area contributed by atoms with Crippen molar-refractivity contribution >= 4 is 12.0 Å². The molecule has 6 heteroatoms. The number of rotatable bonds is 4. The van der Waals surface area contributed by atoms with Crippen molar-refractivity contribution in [3.63, 3.8) is 0 Å². The van der Waals surface area contributed by atoms with Crippen molar-refractivity contribution in [1.82, 2.24) is 0 Å². The largest absolute Gasteiger partial charge is 0.478 e. The van der Waals surface area contributed by atoms with Gasteiger partial charge in [-0.25, -0.2) is 9.18 Å². The van der Waals surface area contributed by atoms with E-state index < -0.39 is 24.1 Å². The minimum absolute atomic E-state index is 0.0921. The number of hydrogen-bond acceptors (Lipinski definition) is 2. The first kappa shape index (κ1) is 13.1. The number of aliphatic carboxylic acids is 1. The molecule has 0 atom stereocenters. The van der Waals surface area contributed by atoms with Gasteiger partial charge in [0.15, 0.2) is 11.6 Å². The van der Waals surface area contributed by atoms with Gasteiger partial charge >= 0.3 is 12.6 Å². The van der Waals surface area contributed by atoms with Crippen LogP contribution in [0.1, 0.15) is 11.1 Å². The third-order valence-electron chi connectivity index (χ3n) is 1.97. The third-order valence-corrected chi connectivity index (χ3v) is 1.97. The van der Waals surface area contributed by atoms with Crippen LogP contribution in [0, 0.1) is 12.7 Å². The van der Waals surface area contributed by atoms with E-state index in [1.54, 1.807) is 0 Å². The van der Waals surface area contributed by atoms with Crippen LogP contribution >= 0.6 is 0 Å². The molecular formula is C11H9F3O3. The molecule has 0 amide bonds. The van der Waals surface area contributed by atoms with Gasteiger partial charge in [-0.15, -0.1) is 0 Å². The number of aryl methyl sites for hydroxylation is 1. The van der Waals surface area contributed by atoms with Gasteiger partial charge in [0, 0.05) is 11.6 Å². The quantitative estimate of drug-likeness (QED) is 0.831. The highest BCUT2D eigenvalue weighted by molar-refractivity contribution is 5.85. The number of carboxylic acids is 1. The maximum Gasteiger partial charge on any atom is 0.387 e. The summed E-state index contributed by atoms with van der Waals surface area (Å²) in [6, 6.07) is 2.43. The van der Waals surface area contributed by atoms with Gasteiger partial charge in [-0.3, -0.25) is 0 Å². The minimum atomic E-state index is -3.14. The van der Waals surface area contributed by atoms with E-state index >= 15 is 0 Å². The predicted molar refractivity (Wildman–Crippen MR) is 54.4 cm³/mol. The summed E-state index contributed by atoms with van der Waals surface area (Å²) < 4.78 is 41.5. The monoisotopic (exact) mass is 246 g/mol. The molecule has 0 aliphatic heterocycles. The summed E-state index contributed by atoms with van der Waals surface area (Å²) in [5, 5.41) is 8.41. The van der Waals surface area contributed by atoms with Crippen LogP contribution < -0.4 is 4.74 Å². The topological polar surface area (TPSA) is 46.5 Å². The van der Waals surface area contributed by atoms with Gasteiger partial charge in [0.2, 0.25) is 0 Å². The Morgan fingerprint density at radius 3 is 2.65 bits per heavy atom. The number of carboxylic acid groups (broad SMARTS) is 1. The van der Waals surface area contributed by atoms with Gasteiger partial charge < -0.3 is 9.84 Å². The van der Waals surface area contributed by atoms with E-state index in [9.17, 15) is 18.0 Å². The molecular weight excluding hydrogens is 237 g/mol. The van der Waals surface area contributed by atoms with E-state index in [0.29, 0.717) is 5.56 Å². The molecule has 17 heavy (non-hydrogen) atoms. The van der Waals surface area contributed by atoms with E-state index in [1.807, 2.05) is 0 Å².